The van der Waals surface area contributed by atoms with Gasteiger partial charge in [0.1, 0.15) is 5.69 Å². The van der Waals surface area contributed by atoms with E-state index in [1.807, 2.05) is 12.1 Å². The molecule has 0 unspecified atom stereocenters. The number of aromatic nitrogens is 3. The normalized spacial score (nSPS) is 14.4. The van der Waals surface area contributed by atoms with Gasteiger partial charge in [0.2, 0.25) is 0 Å². The lowest BCUT2D eigenvalue weighted by molar-refractivity contribution is 0.0585. The molecular weight excluding hydrogens is 408 g/mol. The highest BCUT2D eigenvalue weighted by atomic mass is 16.5. The Labute approximate surface area is 175 Å². The minimum Gasteiger partial charge on any atom is -0.477 e. The average molecular weight is 428 g/mol. The molecule has 0 bridgehead atoms. The predicted molar refractivity (Wildman–Crippen MR) is 107 cm³/mol. The number of esters is 2. The average Bonchev–Trinajstić information content (AvgIpc) is 3.34. The van der Waals surface area contributed by atoms with Crippen LogP contribution in [-0.4, -0.2) is 51.6 Å². The van der Waals surface area contributed by atoms with Crippen molar-refractivity contribution in [3.8, 4) is 0 Å². The quantitative estimate of drug-likeness (QED) is 0.514. The van der Waals surface area contributed by atoms with Crippen molar-refractivity contribution in [2.24, 2.45) is 5.73 Å². The summed E-state index contributed by atoms with van der Waals surface area (Å²) >= 11 is 0. The number of methoxy groups -OCH3 is 2. The number of carboxylic acids is 1. The van der Waals surface area contributed by atoms with Crippen LogP contribution in [0, 0.1) is 0 Å². The van der Waals surface area contributed by atoms with Gasteiger partial charge >= 0.3 is 23.6 Å². The Hall–Kier alpha value is -3.99. The van der Waals surface area contributed by atoms with Crippen molar-refractivity contribution < 1.29 is 29.0 Å². The molecule has 0 amide bonds. The Bertz CT molecular complexity index is 1230. The van der Waals surface area contributed by atoms with Gasteiger partial charge in [0, 0.05) is 18.3 Å². The number of aromatic carboxylic acids is 1. The molecule has 4 rings (SSSR count). The molecule has 0 saturated heterocycles. The molecule has 1 aromatic carbocycles. The van der Waals surface area contributed by atoms with Crippen molar-refractivity contribution in [1.82, 2.24) is 14.4 Å². The highest BCUT2D eigenvalue weighted by Gasteiger charge is 2.20. The summed E-state index contributed by atoms with van der Waals surface area (Å²) in [6, 6.07) is 6.70. The standard InChI is InChI=1S/C11H13NO2.C9H7N3O5/c1-14-11(13)8-2-4-9-7(6-8)3-5-10(9)12;1-17-8(15)5-2-4(7(13)14)11-6-3-10-9(16)12(5)6/h2,4,6,10H,3,5,12H2,1H3;2-3H,1H3,(H,10,16)(H,13,14)/t10-;/m0./s1. The van der Waals surface area contributed by atoms with Gasteiger partial charge in [-0.15, -0.1) is 0 Å². The van der Waals surface area contributed by atoms with Crippen LogP contribution in [0.15, 0.2) is 35.3 Å². The number of carboxylic acid groups (broad SMARTS) is 1. The second-order valence-corrected chi connectivity index (χ2v) is 6.66. The van der Waals surface area contributed by atoms with E-state index in [-0.39, 0.29) is 29.0 Å². The molecule has 31 heavy (non-hydrogen) atoms. The molecule has 0 fully saturated rings. The van der Waals surface area contributed by atoms with Gasteiger partial charge in [-0.2, -0.15) is 0 Å². The van der Waals surface area contributed by atoms with E-state index >= 15 is 0 Å². The van der Waals surface area contributed by atoms with Gasteiger partial charge in [0.15, 0.2) is 11.3 Å². The van der Waals surface area contributed by atoms with Crippen LogP contribution in [0.4, 0.5) is 0 Å². The van der Waals surface area contributed by atoms with E-state index in [0.29, 0.717) is 5.56 Å². The van der Waals surface area contributed by atoms with Crippen LogP contribution in [-0.2, 0) is 15.9 Å². The lowest BCUT2D eigenvalue weighted by atomic mass is 10.1. The molecule has 0 radical (unpaired) electrons. The van der Waals surface area contributed by atoms with Crippen molar-refractivity contribution in [2.75, 3.05) is 14.2 Å². The SMILES string of the molecule is COC(=O)c1cc(C(=O)O)nc2c[nH]c(=O)n12.COC(=O)c1ccc2c(c1)CC[C@@H]2N. The maximum absolute atomic E-state index is 11.4. The number of ether oxygens (including phenoxy) is 2. The minimum absolute atomic E-state index is 0.0373. The Morgan fingerprint density at radius 3 is 2.55 bits per heavy atom. The fourth-order valence-corrected chi connectivity index (χ4v) is 3.28. The molecule has 2 aromatic heterocycles. The molecule has 1 aliphatic carbocycles. The third-order valence-electron chi connectivity index (χ3n) is 4.81. The van der Waals surface area contributed by atoms with Crippen LogP contribution in [0.1, 0.15) is 54.9 Å². The maximum atomic E-state index is 11.4. The number of aryl methyl sites for hydroxylation is 1. The van der Waals surface area contributed by atoms with Crippen molar-refractivity contribution >= 4 is 23.6 Å². The summed E-state index contributed by atoms with van der Waals surface area (Å²) in [4.78, 5) is 50.9. The van der Waals surface area contributed by atoms with Gasteiger partial charge in [-0.25, -0.2) is 28.6 Å². The number of aromatic amines is 1. The topological polar surface area (TPSA) is 166 Å². The maximum Gasteiger partial charge on any atom is 0.355 e. The van der Waals surface area contributed by atoms with Crippen LogP contribution < -0.4 is 11.4 Å². The molecule has 0 saturated carbocycles. The molecule has 0 spiro atoms. The van der Waals surface area contributed by atoms with Crippen LogP contribution in [0.5, 0.6) is 0 Å². The second kappa shape index (κ2) is 8.79. The van der Waals surface area contributed by atoms with E-state index in [0.717, 1.165) is 36.0 Å². The van der Waals surface area contributed by atoms with E-state index in [2.05, 4.69) is 19.4 Å². The van der Waals surface area contributed by atoms with Gasteiger partial charge in [0.25, 0.3) is 0 Å². The zero-order valence-corrected chi connectivity index (χ0v) is 16.7. The van der Waals surface area contributed by atoms with Crippen molar-refractivity contribution in [2.45, 2.75) is 18.9 Å². The molecule has 11 heteroatoms. The number of hydrogen-bond acceptors (Lipinski definition) is 8. The second-order valence-electron chi connectivity index (χ2n) is 6.66. The highest BCUT2D eigenvalue weighted by molar-refractivity contribution is 5.93. The van der Waals surface area contributed by atoms with Crippen molar-refractivity contribution in [3.05, 3.63) is 69.0 Å². The van der Waals surface area contributed by atoms with Gasteiger partial charge in [-0.1, -0.05) is 6.07 Å². The summed E-state index contributed by atoms with van der Waals surface area (Å²) in [5, 5.41) is 8.82. The number of carbonyl (C=O) groups excluding carboxylic acids is 2. The monoisotopic (exact) mass is 428 g/mol. The summed E-state index contributed by atoms with van der Waals surface area (Å²) in [7, 11) is 2.52. The Kier molecular flexibility index (Phi) is 6.16. The van der Waals surface area contributed by atoms with Gasteiger partial charge in [0.05, 0.1) is 19.8 Å². The number of H-pyrrole nitrogens is 1. The van der Waals surface area contributed by atoms with E-state index in [1.54, 1.807) is 6.07 Å². The zero-order valence-electron chi connectivity index (χ0n) is 16.7. The van der Waals surface area contributed by atoms with Gasteiger partial charge in [-0.05, 0) is 36.1 Å². The third-order valence-corrected chi connectivity index (χ3v) is 4.81. The van der Waals surface area contributed by atoms with E-state index in [9.17, 15) is 19.2 Å². The fraction of sp³-hybridized carbons (Fsp3) is 0.250. The molecule has 3 aromatic rings. The summed E-state index contributed by atoms with van der Waals surface area (Å²) in [6.45, 7) is 0. The Balaban J connectivity index is 0.000000179. The lowest BCUT2D eigenvalue weighted by Crippen LogP contribution is -2.20. The third kappa shape index (κ3) is 4.31. The zero-order chi connectivity index (χ0) is 22.7. The Morgan fingerprint density at radius 2 is 1.90 bits per heavy atom. The number of hydrogen-bond donors (Lipinski definition) is 3. The molecule has 4 N–H and O–H groups in total. The molecule has 11 nitrogen and oxygen atoms in total. The van der Waals surface area contributed by atoms with Crippen molar-refractivity contribution in [1.29, 1.82) is 0 Å². The van der Waals surface area contributed by atoms with E-state index in [4.69, 9.17) is 10.8 Å². The number of nitrogens with two attached hydrogens (primary N) is 1. The molecule has 1 atom stereocenters. The van der Waals surface area contributed by atoms with Crippen molar-refractivity contribution in [3.63, 3.8) is 0 Å². The smallest absolute Gasteiger partial charge is 0.355 e. The number of imidazole rings is 1. The minimum atomic E-state index is -1.30. The highest BCUT2D eigenvalue weighted by Crippen LogP contribution is 2.29. The largest absolute Gasteiger partial charge is 0.477 e. The summed E-state index contributed by atoms with van der Waals surface area (Å²) < 4.78 is 10.1. The predicted octanol–water partition coefficient (Wildman–Crippen LogP) is 0.927. The lowest BCUT2D eigenvalue weighted by Gasteiger charge is -2.05. The molecule has 162 valence electrons. The first kappa shape index (κ1) is 21.7. The first-order valence-electron chi connectivity index (χ1n) is 9.16. The number of nitrogens with one attached hydrogen (secondary N) is 1. The van der Waals surface area contributed by atoms with Crippen LogP contribution in [0.2, 0.25) is 0 Å². The number of fused-ring (bicyclic) bond motifs is 2. The number of nitrogens with zero attached hydrogens (tertiary/aromatic N) is 2. The molecule has 2 heterocycles. The van der Waals surface area contributed by atoms with Crippen LogP contribution >= 0.6 is 0 Å². The first-order chi connectivity index (χ1) is 14.8. The van der Waals surface area contributed by atoms with Crippen LogP contribution in [0.25, 0.3) is 5.65 Å². The molecule has 0 aliphatic heterocycles. The summed E-state index contributed by atoms with van der Waals surface area (Å²) in [6.07, 6.45) is 3.14. The number of rotatable bonds is 3. The summed E-state index contributed by atoms with van der Waals surface area (Å²) in [5.41, 5.74) is 7.75. The first-order valence-corrected chi connectivity index (χ1v) is 9.16. The Morgan fingerprint density at radius 1 is 1.19 bits per heavy atom. The number of carbonyl (C=O) groups is 3. The molecule has 1 aliphatic rings. The number of benzene rings is 1. The van der Waals surface area contributed by atoms with E-state index in [1.165, 1.54) is 18.9 Å². The summed E-state index contributed by atoms with van der Waals surface area (Å²) in [5.74, 6) is -2.40. The van der Waals surface area contributed by atoms with Crippen LogP contribution in [0.3, 0.4) is 0 Å². The van der Waals surface area contributed by atoms with Gasteiger partial charge in [-0.3, -0.25) is 0 Å². The molecular formula is C20H20N4O7. The fourth-order valence-electron chi connectivity index (χ4n) is 3.28. The van der Waals surface area contributed by atoms with Gasteiger partial charge < -0.3 is 25.3 Å². The van der Waals surface area contributed by atoms with E-state index < -0.39 is 17.6 Å².